The Kier molecular flexibility index (Phi) is 8.85. The monoisotopic (exact) mass is 609 g/mol. The second-order valence-corrected chi connectivity index (χ2v) is 11.6. The maximum Gasteiger partial charge on any atom is 0.393 e. The minimum atomic E-state index is -4.77. The first kappa shape index (κ1) is 31.0. The van der Waals surface area contributed by atoms with Crippen LogP contribution in [0, 0.1) is 23.5 Å². The zero-order valence-electron chi connectivity index (χ0n) is 24.3. The number of amides is 2. The summed E-state index contributed by atoms with van der Waals surface area (Å²) in [5.74, 6) is -6.67. The first-order valence-electron chi connectivity index (χ1n) is 14.4. The lowest BCUT2D eigenvalue weighted by molar-refractivity contribution is -0.197. The van der Waals surface area contributed by atoms with Crippen molar-refractivity contribution in [2.75, 3.05) is 68.1 Å². The molecule has 8 nitrogen and oxygen atoms in total. The van der Waals surface area contributed by atoms with Crippen LogP contribution in [0.4, 0.5) is 39.0 Å². The maximum atomic E-state index is 15.8. The van der Waals surface area contributed by atoms with Crippen LogP contribution in [0.15, 0.2) is 30.3 Å². The van der Waals surface area contributed by atoms with Gasteiger partial charge in [-0.05, 0) is 50.7 Å². The number of nitrogens with zero attached hydrogens (tertiary/aromatic N) is 3. The fourth-order valence-corrected chi connectivity index (χ4v) is 6.11. The standard InChI is InChI=1S/C30H36F5N5O3/c1-17-15-40(16-18(2)38(17)3)27-13-23(31)20(19-4-5-26(24(32)10-19)39-6-8-43-9-7-39)11-25(27)37-29(42)21-14-36-28(41)12-22(21)30(33,34)35/h4-5,10-11,13,17-18,21-22H,6-9,12,14-16H2,1-3H3,(H,36,41)(H,37,42)/t17-,18-,21?,22?/m0/s1. The van der Waals surface area contributed by atoms with Gasteiger partial charge in [-0.2, -0.15) is 13.2 Å². The summed E-state index contributed by atoms with van der Waals surface area (Å²) in [5, 5.41) is 4.97. The van der Waals surface area contributed by atoms with E-state index in [1.807, 2.05) is 30.7 Å². The minimum Gasteiger partial charge on any atom is -0.378 e. The first-order valence-corrected chi connectivity index (χ1v) is 14.4. The van der Waals surface area contributed by atoms with E-state index in [0.717, 1.165) is 0 Å². The van der Waals surface area contributed by atoms with Gasteiger partial charge < -0.3 is 25.2 Å². The van der Waals surface area contributed by atoms with Gasteiger partial charge in [0.05, 0.1) is 42.1 Å². The minimum absolute atomic E-state index is 0.00831. The van der Waals surface area contributed by atoms with Crippen LogP contribution in [-0.2, 0) is 14.3 Å². The van der Waals surface area contributed by atoms with Crippen molar-refractivity contribution in [2.45, 2.75) is 38.5 Å². The molecule has 13 heteroatoms. The van der Waals surface area contributed by atoms with E-state index < -0.39 is 54.4 Å². The maximum absolute atomic E-state index is 15.8. The van der Waals surface area contributed by atoms with Crippen LogP contribution < -0.4 is 20.4 Å². The van der Waals surface area contributed by atoms with Crippen molar-refractivity contribution in [3.8, 4) is 11.1 Å². The summed E-state index contributed by atoms with van der Waals surface area (Å²) in [7, 11) is 1.98. The number of piperidine rings is 1. The van der Waals surface area contributed by atoms with Crippen LogP contribution in [-0.4, -0.2) is 88.0 Å². The zero-order chi connectivity index (χ0) is 31.1. The third kappa shape index (κ3) is 6.57. The Bertz CT molecular complexity index is 1350. The molecule has 3 fully saturated rings. The van der Waals surface area contributed by atoms with Crippen molar-refractivity contribution in [1.29, 1.82) is 0 Å². The van der Waals surface area contributed by atoms with Crippen LogP contribution in [0.25, 0.3) is 11.1 Å². The van der Waals surface area contributed by atoms with Gasteiger partial charge in [-0.1, -0.05) is 6.07 Å². The van der Waals surface area contributed by atoms with E-state index in [0.29, 0.717) is 50.8 Å². The van der Waals surface area contributed by atoms with Gasteiger partial charge in [0.25, 0.3) is 0 Å². The molecule has 234 valence electrons. The Balaban J connectivity index is 1.52. The quantitative estimate of drug-likeness (QED) is 0.494. The van der Waals surface area contributed by atoms with Crippen molar-refractivity contribution < 1.29 is 36.3 Å². The second kappa shape index (κ2) is 12.3. The number of alkyl halides is 3. The summed E-state index contributed by atoms with van der Waals surface area (Å²) in [4.78, 5) is 31.0. The Morgan fingerprint density at radius 3 is 2.28 bits per heavy atom. The average Bonchev–Trinajstić information content (AvgIpc) is 2.96. The highest BCUT2D eigenvalue weighted by atomic mass is 19.4. The number of carbonyl (C=O) groups excluding carboxylic acids is 2. The molecule has 0 saturated carbocycles. The van der Waals surface area contributed by atoms with E-state index >= 15 is 8.78 Å². The molecule has 3 saturated heterocycles. The molecule has 0 bridgehead atoms. The Morgan fingerprint density at radius 1 is 0.977 bits per heavy atom. The molecule has 0 radical (unpaired) electrons. The number of rotatable bonds is 5. The van der Waals surface area contributed by atoms with Gasteiger partial charge in [0, 0.05) is 56.8 Å². The van der Waals surface area contributed by atoms with E-state index in [1.54, 1.807) is 12.1 Å². The number of morpholine rings is 1. The van der Waals surface area contributed by atoms with Crippen LogP contribution in [0.3, 0.4) is 0 Å². The number of hydrogen-bond donors (Lipinski definition) is 2. The van der Waals surface area contributed by atoms with E-state index in [1.165, 1.54) is 18.2 Å². The molecule has 3 aliphatic heterocycles. The lowest BCUT2D eigenvalue weighted by atomic mass is 9.84. The molecule has 2 aromatic carbocycles. The second-order valence-electron chi connectivity index (χ2n) is 11.6. The van der Waals surface area contributed by atoms with Crippen LogP contribution >= 0.6 is 0 Å². The molecule has 2 aromatic rings. The SMILES string of the molecule is C[C@H]1CN(c2cc(F)c(-c3ccc(N4CCOCC4)c(F)c3)cc2NC(=O)C2CNC(=O)CC2C(F)(F)F)C[C@H](C)N1C. The highest BCUT2D eigenvalue weighted by Crippen LogP contribution is 2.40. The molecule has 3 heterocycles. The van der Waals surface area contributed by atoms with Gasteiger partial charge >= 0.3 is 6.18 Å². The molecular weight excluding hydrogens is 573 g/mol. The van der Waals surface area contributed by atoms with Gasteiger partial charge in [-0.15, -0.1) is 0 Å². The lowest BCUT2D eigenvalue weighted by Crippen LogP contribution is -2.55. The third-order valence-corrected chi connectivity index (χ3v) is 8.82. The number of anilines is 3. The van der Waals surface area contributed by atoms with E-state index in [-0.39, 0.29) is 28.9 Å². The van der Waals surface area contributed by atoms with Crippen molar-refractivity contribution in [3.63, 3.8) is 0 Å². The smallest absolute Gasteiger partial charge is 0.378 e. The summed E-state index contributed by atoms with van der Waals surface area (Å²) in [6.45, 7) is 6.44. The lowest BCUT2D eigenvalue weighted by Gasteiger charge is -2.44. The number of nitrogens with one attached hydrogen (secondary N) is 2. The molecule has 2 amide bonds. The zero-order valence-corrected chi connectivity index (χ0v) is 24.3. The molecule has 0 aromatic heterocycles. The average molecular weight is 610 g/mol. The van der Waals surface area contributed by atoms with Gasteiger partial charge in [0.15, 0.2) is 0 Å². The van der Waals surface area contributed by atoms with E-state index in [9.17, 15) is 22.8 Å². The van der Waals surface area contributed by atoms with Crippen LogP contribution in [0.5, 0.6) is 0 Å². The highest BCUT2D eigenvalue weighted by molar-refractivity contribution is 5.98. The number of benzene rings is 2. The topological polar surface area (TPSA) is 77.1 Å². The molecule has 5 rings (SSSR count). The Labute approximate surface area is 247 Å². The molecule has 0 spiro atoms. The molecule has 2 unspecified atom stereocenters. The predicted octanol–water partition coefficient (Wildman–Crippen LogP) is 4.25. The van der Waals surface area contributed by atoms with Crippen molar-refractivity contribution in [2.24, 2.45) is 11.8 Å². The normalized spacial score (nSPS) is 25.4. The largest absolute Gasteiger partial charge is 0.393 e. The summed E-state index contributed by atoms with van der Waals surface area (Å²) in [5.41, 5.74) is 0.991. The summed E-state index contributed by atoms with van der Waals surface area (Å²) < 4.78 is 77.9. The van der Waals surface area contributed by atoms with Crippen molar-refractivity contribution in [1.82, 2.24) is 10.2 Å². The third-order valence-electron chi connectivity index (χ3n) is 8.82. The van der Waals surface area contributed by atoms with Crippen molar-refractivity contribution >= 4 is 28.9 Å². The number of halogens is 5. The predicted molar refractivity (Wildman–Crippen MR) is 153 cm³/mol. The van der Waals surface area contributed by atoms with Gasteiger partial charge in [-0.25, -0.2) is 8.78 Å². The van der Waals surface area contributed by atoms with Gasteiger partial charge in [0.1, 0.15) is 11.6 Å². The fraction of sp³-hybridized carbons (Fsp3) is 0.533. The van der Waals surface area contributed by atoms with Gasteiger partial charge in [0.2, 0.25) is 11.8 Å². The molecule has 4 atom stereocenters. The number of carbonyl (C=O) groups is 2. The summed E-state index contributed by atoms with van der Waals surface area (Å²) >= 11 is 0. The Hall–Kier alpha value is -3.45. The molecule has 2 N–H and O–H groups in total. The Morgan fingerprint density at radius 2 is 1.65 bits per heavy atom. The molecule has 43 heavy (non-hydrogen) atoms. The highest BCUT2D eigenvalue weighted by Gasteiger charge is 2.50. The van der Waals surface area contributed by atoms with Crippen molar-refractivity contribution in [3.05, 3.63) is 42.0 Å². The number of piperazine rings is 1. The van der Waals surface area contributed by atoms with Crippen LogP contribution in [0.1, 0.15) is 20.3 Å². The van der Waals surface area contributed by atoms with E-state index in [4.69, 9.17) is 4.74 Å². The number of likely N-dealkylation sites (N-methyl/N-ethyl adjacent to an activating group) is 1. The molecule has 3 aliphatic rings. The van der Waals surface area contributed by atoms with Crippen LogP contribution in [0.2, 0.25) is 0 Å². The fourth-order valence-electron chi connectivity index (χ4n) is 6.11. The number of ether oxygens (including phenoxy) is 1. The summed E-state index contributed by atoms with van der Waals surface area (Å²) in [6.07, 6.45) is -5.62. The van der Waals surface area contributed by atoms with Gasteiger partial charge in [-0.3, -0.25) is 14.5 Å². The molecular formula is C30H36F5N5O3. The van der Waals surface area contributed by atoms with E-state index in [2.05, 4.69) is 15.5 Å². The molecule has 0 aliphatic carbocycles. The first-order chi connectivity index (χ1) is 20.3. The number of hydrogen-bond acceptors (Lipinski definition) is 6. The summed E-state index contributed by atoms with van der Waals surface area (Å²) in [6, 6.07) is 7.08.